The second kappa shape index (κ2) is 4.61. The van der Waals surface area contributed by atoms with Gasteiger partial charge in [0, 0.05) is 19.6 Å². The van der Waals surface area contributed by atoms with Gasteiger partial charge < -0.3 is 9.94 Å². The molecule has 4 heteroatoms. The molecular weight excluding hydrogens is 192 g/mol. The van der Waals surface area contributed by atoms with Crippen LogP contribution in [0.3, 0.4) is 0 Å². The predicted molar refractivity (Wildman–Crippen MR) is 57.0 cm³/mol. The largest absolute Gasteiger partial charge is 0.488 e. The molecule has 0 aromatic heterocycles. The van der Waals surface area contributed by atoms with Crippen LogP contribution in [0.1, 0.15) is 5.56 Å². The number of benzene rings is 1. The maximum absolute atomic E-state index is 8.59. The minimum absolute atomic E-state index is 0.312. The fourth-order valence-corrected chi connectivity index (χ4v) is 1.73. The van der Waals surface area contributed by atoms with E-state index in [4.69, 9.17) is 9.94 Å². The van der Waals surface area contributed by atoms with Crippen molar-refractivity contribution in [3.63, 3.8) is 0 Å². The van der Waals surface area contributed by atoms with E-state index in [0.717, 1.165) is 24.4 Å². The van der Waals surface area contributed by atoms with Gasteiger partial charge in [-0.3, -0.25) is 4.90 Å². The third kappa shape index (κ3) is 2.68. The lowest BCUT2D eigenvalue weighted by Crippen LogP contribution is -2.51. The van der Waals surface area contributed by atoms with Crippen molar-refractivity contribution in [3.05, 3.63) is 29.8 Å². The molecule has 82 valence electrons. The van der Waals surface area contributed by atoms with Crippen molar-refractivity contribution in [2.24, 2.45) is 0 Å². The number of nitrogens with one attached hydrogen (secondary N) is 1. The molecule has 0 saturated carbocycles. The van der Waals surface area contributed by atoms with Crippen LogP contribution in [0.25, 0.3) is 0 Å². The number of likely N-dealkylation sites (N-methyl/N-ethyl adjacent to an activating group) is 1. The van der Waals surface area contributed by atoms with Gasteiger partial charge in [0.1, 0.15) is 11.9 Å². The summed E-state index contributed by atoms with van der Waals surface area (Å²) in [6.07, 6.45) is 0.312. The Bertz CT molecular complexity index is 324. The molecule has 0 amide bonds. The fourth-order valence-electron chi connectivity index (χ4n) is 1.73. The monoisotopic (exact) mass is 208 g/mol. The zero-order valence-electron chi connectivity index (χ0n) is 8.81. The quantitative estimate of drug-likeness (QED) is 0.720. The lowest BCUT2D eigenvalue weighted by atomic mass is 10.2. The van der Waals surface area contributed by atoms with E-state index in [1.165, 1.54) is 0 Å². The summed E-state index contributed by atoms with van der Waals surface area (Å²) in [5.41, 5.74) is 3.15. The normalized spacial score (nSPS) is 17.5. The number of hydroxylamine groups is 1. The summed E-state index contributed by atoms with van der Waals surface area (Å²) in [5, 5.41) is 8.59. The molecule has 0 spiro atoms. The van der Waals surface area contributed by atoms with Crippen LogP contribution in [-0.4, -0.2) is 36.3 Å². The van der Waals surface area contributed by atoms with Gasteiger partial charge >= 0.3 is 0 Å². The molecule has 0 unspecified atom stereocenters. The van der Waals surface area contributed by atoms with Crippen LogP contribution in [0.5, 0.6) is 5.75 Å². The van der Waals surface area contributed by atoms with E-state index in [0.29, 0.717) is 12.6 Å². The van der Waals surface area contributed by atoms with Crippen molar-refractivity contribution in [1.82, 2.24) is 10.4 Å². The molecule has 1 aromatic carbocycles. The number of ether oxygens (including phenoxy) is 1. The molecule has 1 saturated heterocycles. The number of hydrogen-bond acceptors (Lipinski definition) is 4. The molecule has 4 nitrogen and oxygen atoms in total. The number of likely N-dealkylation sites (tertiary alicyclic amines) is 1. The van der Waals surface area contributed by atoms with E-state index in [1.807, 2.05) is 24.3 Å². The Hall–Kier alpha value is -1.10. The summed E-state index contributed by atoms with van der Waals surface area (Å²) < 4.78 is 5.76. The highest BCUT2D eigenvalue weighted by molar-refractivity contribution is 5.28. The Morgan fingerprint density at radius 1 is 1.53 bits per heavy atom. The third-order valence-corrected chi connectivity index (χ3v) is 2.51. The van der Waals surface area contributed by atoms with E-state index in [1.54, 1.807) is 0 Å². The van der Waals surface area contributed by atoms with Gasteiger partial charge in [0.25, 0.3) is 0 Å². The highest BCUT2D eigenvalue weighted by Gasteiger charge is 2.24. The lowest BCUT2D eigenvalue weighted by Gasteiger charge is -2.36. The van der Waals surface area contributed by atoms with Crippen LogP contribution in [0.4, 0.5) is 0 Å². The van der Waals surface area contributed by atoms with Gasteiger partial charge in [-0.15, -0.1) is 0 Å². The maximum Gasteiger partial charge on any atom is 0.124 e. The fraction of sp³-hybridized carbons (Fsp3) is 0.455. The molecule has 0 bridgehead atoms. The van der Waals surface area contributed by atoms with E-state index >= 15 is 0 Å². The molecule has 1 heterocycles. The Labute approximate surface area is 89.4 Å². The molecule has 0 aliphatic carbocycles. The van der Waals surface area contributed by atoms with Crippen molar-refractivity contribution in [3.8, 4) is 5.75 Å². The maximum atomic E-state index is 8.59. The SMILES string of the molecule is CN1CC(Oc2cccc(CNO)c2)C1. The zero-order chi connectivity index (χ0) is 10.7. The molecule has 0 atom stereocenters. The first-order chi connectivity index (χ1) is 7.28. The molecule has 2 N–H and O–H groups in total. The van der Waals surface area contributed by atoms with Gasteiger partial charge in [0.05, 0.1) is 0 Å². The standard InChI is InChI=1S/C11H16N2O2/c1-13-7-11(8-13)15-10-4-2-3-9(5-10)6-12-14/h2-5,11-12,14H,6-8H2,1H3. The summed E-state index contributed by atoms with van der Waals surface area (Å²) in [6, 6.07) is 7.77. The Kier molecular flexibility index (Phi) is 3.20. The highest BCUT2D eigenvalue weighted by Crippen LogP contribution is 2.18. The van der Waals surface area contributed by atoms with Gasteiger partial charge in [0.2, 0.25) is 0 Å². The van der Waals surface area contributed by atoms with Crippen LogP contribution in [0, 0.1) is 0 Å². The van der Waals surface area contributed by atoms with Crippen LogP contribution in [0.2, 0.25) is 0 Å². The molecular formula is C11H16N2O2. The van der Waals surface area contributed by atoms with Gasteiger partial charge in [-0.1, -0.05) is 12.1 Å². The van der Waals surface area contributed by atoms with Crippen LogP contribution >= 0.6 is 0 Å². The third-order valence-electron chi connectivity index (χ3n) is 2.51. The molecule has 0 radical (unpaired) electrons. The Balaban J connectivity index is 1.93. The van der Waals surface area contributed by atoms with Crippen molar-refractivity contribution in [2.75, 3.05) is 20.1 Å². The summed E-state index contributed by atoms with van der Waals surface area (Å²) >= 11 is 0. The predicted octanol–water partition coefficient (Wildman–Crippen LogP) is 0.858. The minimum Gasteiger partial charge on any atom is -0.488 e. The minimum atomic E-state index is 0.312. The topological polar surface area (TPSA) is 44.7 Å². The average Bonchev–Trinajstić information content (AvgIpc) is 2.17. The average molecular weight is 208 g/mol. The van der Waals surface area contributed by atoms with Crippen molar-refractivity contribution in [1.29, 1.82) is 0 Å². The van der Waals surface area contributed by atoms with E-state index in [-0.39, 0.29) is 0 Å². The summed E-state index contributed by atoms with van der Waals surface area (Å²) in [5.74, 6) is 0.876. The second-order valence-corrected chi connectivity index (χ2v) is 3.94. The zero-order valence-corrected chi connectivity index (χ0v) is 8.81. The second-order valence-electron chi connectivity index (χ2n) is 3.94. The van der Waals surface area contributed by atoms with Gasteiger partial charge in [0.15, 0.2) is 0 Å². The smallest absolute Gasteiger partial charge is 0.124 e. The summed E-state index contributed by atoms with van der Waals surface area (Å²) in [4.78, 5) is 2.21. The van der Waals surface area contributed by atoms with Crippen LogP contribution < -0.4 is 10.2 Å². The molecule has 2 rings (SSSR count). The first-order valence-corrected chi connectivity index (χ1v) is 5.09. The highest BCUT2D eigenvalue weighted by atomic mass is 16.5. The first kappa shape index (κ1) is 10.4. The summed E-state index contributed by atoms with van der Waals surface area (Å²) in [7, 11) is 2.08. The first-order valence-electron chi connectivity index (χ1n) is 5.09. The molecule has 1 aliphatic heterocycles. The van der Waals surface area contributed by atoms with Gasteiger partial charge in [-0.05, 0) is 24.7 Å². The van der Waals surface area contributed by atoms with E-state index in [2.05, 4.69) is 17.4 Å². The van der Waals surface area contributed by atoms with Gasteiger partial charge in [-0.2, -0.15) is 0 Å². The van der Waals surface area contributed by atoms with Crippen LogP contribution in [0.15, 0.2) is 24.3 Å². The van der Waals surface area contributed by atoms with Crippen molar-refractivity contribution >= 4 is 0 Å². The number of nitrogens with zero attached hydrogens (tertiary/aromatic N) is 1. The molecule has 1 aromatic rings. The summed E-state index contributed by atoms with van der Waals surface area (Å²) in [6.45, 7) is 2.42. The number of rotatable bonds is 4. The van der Waals surface area contributed by atoms with Gasteiger partial charge in [-0.25, -0.2) is 5.48 Å². The Morgan fingerprint density at radius 2 is 2.33 bits per heavy atom. The molecule has 1 fully saturated rings. The van der Waals surface area contributed by atoms with E-state index in [9.17, 15) is 0 Å². The van der Waals surface area contributed by atoms with Crippen molar-refractivity contribution < 1.29 is 9.94 Å². The van der Waals surface area contributed by atoms with E-state index < -0.39 is 0 Å². The number of hydrogen-bond donors (Lipinski definition) is 2. The molecule has 1 aliphatic rings. The molecule has 15 heavy (non-hydrogen) atoms. The van der Waals surface area contributed by atoms with Crippen LogP contribution in [-0.2, 0) is 6.54 Å². The van der Waals surface area contributed by atoms with Crippen molar-refractivity contribution in [2.45, 2.75) is 12.6 Å². The Morgan fingerprint density at radius 3 is 3.00 bits per heavy atom. The lowest BCUT2D eigenvalue weighted by molar-refractivity contribution is 0.0387.